The lowest BCUT2D eigenvalue weighted by Crippen LogP contribution is -2.17. The van der Waals surface area contributed by atoms with Crippen molar-refractivity contribution in [3.8, 4) is 67.3 Å². The molecule has 358 valence electrons. The summed E-state index contributed by atoms with van der Waals surface area (Å²) in [6.45, 7) is 13.4. The van der Waals surface area contributed by atoms with E-state index in [1.54, 1.807) is 0 Å². The van der Waals surface area contributed by atoms with E-state index in [1.165, 1.54) is 50.1 Å². The Morgan fingerprint density at radius 2 is 0.703 bits per heavy atom. The first-order chi connectivity index (χ1) is 36.1. The monoisotopic (exact) mass is 954 g/mol. The summed E-state index contributed by atoms with van der Waals surface area (Å²) in [4.78, 5) is 18.8. The molecule has 0 aliphatic heterocycles. The van der Waals surface area contributed by atoms with E-state index >= 15 is 0 Å². The minimum atomic E-state index is 0.0123. The van der Waals surface area contributed by atoms with E-state index < -0.39 is 0 Å². The van der Waals surface area contributed by atoms with Crippen molar-refractivity contribution in [1.29, 1.82) is 0 Å². The van der Waals surface area contributed by atoms with Crippen molar-refractivity contribution in [2.45, 2.75) is 47.5 Å². The number of hydrogen-bond acceptors (Lipinski definition) is 4. The SMILES string of the molecule is Cc1cc(C)c(C(c2ccc(N(c3nc(-c4cccc(-c5ccccc5)c4)nc(-c4cc(-c5ccccc5)cc(-c5ccccc5)c4)n3)c3ccccc3-c3ccccc3)cc2)c2c(C)cc(C)cc2C)c(C)c1. The fourth-order valence-electron chi connectivity index (χ4n) is 11.0. The molecule has 0 atom stereocenters. The number of hydrogen-bond donors (Lipinski definition) is 0. The third kappa shape index (κ3) is 9.70. The summed E-state index contributed by atoms with van der Waals surface area (Å²) >= 11 is 0. The maximum atomic E-state index is 5.59. The predicted octanol–water partition coefficient (Wildman–Crippen LogP) is 18.4. The Morgan fingerprint density at radius 3 is 1.22 bits per heavy atom. The third-order valence-electron chi connectivity index (χ3n) is 14.2. The quantitative estimate of drug-likeness (QED) is 0.114. The van der Waals surface area contributed by atoms with Gasteiger partial charge in [-0.25, -0.2) is 4.98 Å². The van der Waals surface area contributed by atoms with Gasteiger partial charge < -0.3 is 0 Å². The smallest absolute Gasteiger partial charge is 0.238 e. The van der Waals surface area contributed by atoms with E-state index in [1.807, 2.05) is 0 Å². The van der Waals surface area contributed by atoms with Crippen LogP contribution in [-0.4, -0.2) is 15.0 Å². The molecule has 0 saturated heterocycles. The third-order valence-corrected chi connectivity index (χ3v) is 14.2. The first-order valence-electron chi connectivity index (χ1n) is 25.5. The fourth-order valence-corrected chi connectivity index (χ4v) is 11.0. The van der Waals surface area contributed by atoms with E-state index in [0.29, 0.717) is 17.6 Å². The van der Waals surface area contributed by atoms with Crippen LogP contribution in [0.25, 0.3) is 67.3 Å². The second kappa shape index (κ2) is 20.6. The van der Waals surface area contributed by atoms with Gasteiger partial charge in [-0.05, 0) is 162 Å². The van der Waals surface area contributed by atoms with Crippen LogP contribution >= 0.6 is 0 Å². The van der Waals surface area contributed by atoms with Crippen LogP contribution in [0.2, 0.25) is 0 Å². The highest BCUT2D eigenvalue weighted by molar-refractivity contribution is 5.88. The maximum Gasteiger partial charge on any atom is 0.238 e. The average molecular weight is 955 g/mol. The second-order valence-electron chi connectivity index (χ2n) is 19.6. The van der Waals surface area contributed by atoms with Crippen molar-refractivity contribution in [3.63, 3.8) is 0 Å². The molecule has 0 aliphatic rings. The molecule has 0 fully saturated rings. The van der Waals surface area contributed by atoms with Crippen LogP contribution in [0.3, 0.4) is 0 Å². The van der Waals surface area contributed by atoms with E-state index in [-0.39, 0.29) is 5.92 Å². The Balaban J connectivity index is 1.16. The highest BCUT2D eigenvalue weighted by Crippen LogP contribution is 2.44. The van der Waals surface area contributed by atoms with Crippen molar-refractivity contribution in [2.24, 2.45) is 0 Å². The molecule has 0 spiro atoms. The number of nitrogens with zero attached hydrogens (tertiary/aromatic N) is 4. The summed E-state index contributed by atoms with van der Waals surface area (Å²) in [7, 11) is 0. The van der Waals surface area contributed by atoms with Gasteiger partial charge in [-0.15, -0.1) is 0 Å². The molecule has 0 amide bonds. The number of aromatic nitrogens is 3. The Kier molecular flexibility index (Phi) is 13.2. The van der Waals surface area contributed by atoms with E-state index in [2.05, 4.69) is 283 Å². The Hall–Kier alpha value is -8.99. The molecular formula is C70H58N4. The number of rotatable bonds is 12. The predicted molar refractivity (Wildman–Crippen MR) is 309 cm³/mol. The Morgan fingerprint density at radius 1 is 0.311 bits per heavy atom. The zero-order valence-corrected chi connectivity index (χ0v) is 42.9. The number of para-hydroxylation sites is 1. The molecular weight excluding hydrogens is 897 g/mol. The van der Waals surface area contributed by atoms with Gasteiger partial charge >= 0.3 is 0 Å². The van der Waals surface area contributed by atoms with Crippen LogP contribution in [0.5, 0.6) is 0 Å². The lowest BCUT2D eigenvalue weighted by molar-refractivity contribution is 0.919. The van der Waals surface area contributed by atoms with Crippen LogP contribution in [0.4, 0.5) is 17.3 Å². The van der Waals surface area contributed by atoms with Gasteiger partial charge in [-0.2, -0.15) is 9.97 Å². The van der Waals surface area contributed by atoms with Gasteiger partial charge in [-0.3, -0.25) is 4.90 Å². The normalized spacial score (nSPS) is 11.2. The molecule has 0 aliphatic carbocycles. The Bertz CT molecular complexity index is 3610. The van der Waals surface area contributed by atoms with Gasteiger partial charge in [0.05, 0.1) is 5.69 Å². The molecule has 1 aromatic heterocycles. The van der Waals surface area contributed by atoms with Crippen LogP contribution in [-0.2, 0) is 0 Å². The molecule has 0 bridgehead atoms. The van der Waals surface area contributed by atoms with Crippen LogP contribution in [0, 0.1) is 41.5 Å². The summed E-state index contributed by atoms with van der Waals surface area (Å²) in [6, 6.07) is 84.4. The fraction of sp³-hybridized carbons (Fsp3) is 0.100. The number of anilines is 3. The van der Waals surface area contributed by atoms with Gasteiger partial charge in [0, 0.05) is 28.3 Å². The van der Waals surface area contributed by atoms with Crippen LogP contribution in [0.1, 0.15) is 56.0 Å². The van der Waals surface area contributed by atoms with Crippen molar-refractivity contribution in [1.82, 2.24) is 15.0 Å². The summed E-state index contributed by atoms with van der Waals surface area (Å²) in [6.07, 6.45) is 0. The van der Waals surface area contributed by atoms with Gasteiger partial charge in [0.1, 0.15) is 0 Å². The minimum Gasteiger partial charge on any atom is -0.278 e. The molecule has 10 aromatic carbocycles. The van der Waals surface area contributed by atoms with Crippen molar-refractivity contribution in [2.75, 3.05) is 4.90 Å². The molecule has 0 saturated carbocycles. The molecule has 1 heterocycles. The lowest BCUT2D eigenvalue weighted by Gasteiger charge is -2.29. The first-order valence-corrected chi connectivity index (χ1v) is 25.5. The van der Waals surface area contributed by atoms with Crippen LogP contribution < -0.4 is 4.90 Å². The highest BCUT2D eigenvalue weighted by Gasteiger charge is 2.27. The summed E-state index contributed by atoms with van der Waals surface area (Å²) in [5.74, 6) is 1.66. The second-order valence-corrected chi connectivity index (χ2v) is 19.6. The zero-order chi connectivity index (χ0) is 50.7. The molecule has 11 rings (SSSR count). The zero-order valence-electron chi connectivity index (χ0n) is 42.9. The topological polar surface area (TPSA) is 41.9 Å². The molecule has 4 heteroatoms. The average Bonchev–Trinajstić information content (AvgIpc) is 3.43. The molecule has 11 aromatic rings. The van der Waals surface area contributed by atoms with E-state index in [0.717, 1.165) is 67.0 Å². The van der Waals surface area contributed by atoms with E-state index in [4.69, 9.17) is 15.0 Å². The van der Waals surface area contributed by atoms with Crippen molar-refractivity contribution < 1.29 is 0 Å². The highest BCUT2D eigenvalue weighted by atomic mass is 15.3. The molecule has 0 radical (unpaired) electrons. The minimum absolute atomic E-state index is 0.0123. The molecule has 74 heavy (non-hydrogen) atoms. The Labute approximate surface area is 436 Å². The number of benzene rings is 10. The standard InChI is InChI=1S/C70H58N4/c1-46-38-48(3)65(49(4)39-46)67(66-50(5)40-47(2)41-51(66)6)56-34-36-62(37-35-56)74(64-33-20-19-32-63(64)55-28-17-10-18-29-55)70-72-68(58-31-21-30-57(42-58)52-22-11-7-12-23-52)71-69(73-70)61-44-59(53-24-13-8-14-25-53)43-60(45-61)54-26-15-9-16-27-54/h7-45,67H,1-6H3. The van der Waals surface area contributed by atoms with Gasteiger partial charge in [-0.1, -0.05) is 205 Å². The van der Waals surface area contributed by atoms with Gasteiger partial charge in [0.25, 0.3) is 0 Å². The molecule has 0 N–H and O–H groups in total. The van der Waals surface area contributed by atoms with Gasteiger partial charge in [0.2, 0.25) is 5.95 Å². The first kappa shape index (κ1) is 47.3. The van der Waals surface area contributed by atoms with Crippen LogP contribution in [0.15, 0.2) is 237 Å². The lowest BCUT2D eigenvalue weighted by atomic mass is 9.77. The number of aryl methyl sites for hydroxylation is 6. The van der Waals surface area contributed by atoms with Crippen molar-refractivity contribution >= 4 is 17.3 Å². The maximum absolute atomic E-state index is 5.59. The summed E-state index contributed by atoms with van der Waals surface area (Å²) in [5, 5.41) is 0. The summed E-state index contributed by atoms with van der Waals surface area (Å²) < 4.78 is 0. The van der Waals surface area contributed by atoms with Crippen molar-refractivity contribution in [3.05, 3.63) is 287 Å². The molecule has 0 unspecified atom stereocenters. The molecule has 4 nitrogen and oxygen atoms in total. The summed E-state index contributed by atoms with van der Waals surface area (Å²) in [5.41, 5.74) is 24.0. The van der Waals surface area contributed by atoms with E-state index in [9.17, 15) is 0 Å². The largest absolute Gasteiger partial charge is 0.278 e. The van der Waals surface area contributed by atoms with Gasteiger partial charge in [0.15, 0.2) is 11.6 Å².